The maximum atomic E-state index is 13.8. The number of carbonyl (C=O) groups is 2. The zero-order valence-electron chi connectivity index (χ0n) is 16.3. The summed E-state index contributed by atoms with van der Waals surface area (Å²) >= 11 is 0. The number of aromatic amines is 1. The smallest absolute Gasteiger partial charge is 0.256 e. The number of halogens is 1. The molecule has 1 aliphatic carbocycles. The van der Waals surface area contributed by atoms with Crippen LogP contribution in [0.15, 0.2) is 18.2 Å². The number of anilines is 1. The molecule has 0 unspecified atom stereocenters. The first-order valence-electron chi connectivity index (χ1n) is 10.1. The quantitative estimate of drug-likeness (QED) is 0.698. The fraction of sp³-hybridized carbons (Fsp3) is 0.364. The van der Waals surface area contributed by atoms with Gasteiger partial charge in [-0.05, 0) is 68.6 Å². The van der Waals surface area contributed by atoms with Crippen molar-refractivity contribution in [2.75, 3.05) is 31.5 Å². The lowest BCUT2D eigenvalue weighted by molar-refractivity contribution is -0.110. The zero-order chi connectivity index (χ0) is 20.1. The lowest BCUT2D eigenvalue weighted by Crippen LogP contribution is -2.42. The molecular formula is C22H23FN4O2. The minimum absolute atomic E-state index is 0.0749. The van der Waals surface area contributed by atoms with E-state index in [1.54, 1.807) is 6.07 Å². The Morgan fingerprint density at radius 1 is 1.28 bits per heavy atom. The summed E-state index contributed by atoms with van der Waals surface area (Å²) in [4.78, 5) is 31.1. The third-order valence-electron chi connectivity index (χ3n) is 6.14. The highest BCUT2D eigenvalue weighted by molar-refractivity contribution is 6.37. The third kappa shape index (κ3) is 2.97. The van der Waals surface area contributed by atoms with Crippen molar-refractivity contribution in [1.29, 1.82) is 0 Å². The molecular weight excluding hydrogens is 371 g/mol. The highest BCUT2D eigenvalue weighted by Crippen LogP contribution is 2.44. The van der Waals surface area contributed by atoms with Crippen LogP contribution in [-0.4, -0.2) is 47.9 Å². The van der Waals surface area contributed by atoms with Gasteiger partial charge in [0.15, 0.2) is 0 Å². The van der Waals surface area contributed by atoms with Gasteiger partial charge in [0.2, 0.25) is 0 Å². The van der Waals surface area contributed by atoms with E-state index in [2.05, 4.69) is 20.5 Å². The van der Waals surface area contributed by atoms with E-state index in [4.69, 9.17) is 0 Å². The van der Waals surface area contributed by atoms with Gasteiger partial charge in [-0.3, -0.25) is 9.59 Å². The Morgan fingerprint density at radius 2 is 2.10 bits per heavy atom. The molecule has 2 amide bonds. The van der Waals surface area contributed by atoms with Gasteiger partial charge in [-0.25, -0.2) is 4.39 Å². The number of amides is 2. The molecule has 150 valence electrons. The van der Waals surface area contributed by atoms with Gasteiger partial charge in [-0.15, -0.1) is 0 Å². The van der Waals surface area contributed by atoms with E-state index in [0.717, 1.165) is 42.2 Å². The molecule has 1 fully saturated rings. The van der Waals surface area contributed by atoms with E-state index in [0.29, 0.717) is 41.8 Å². The summed E-state index contributed by atoms with van der Waals surface area (Å²) in [6.07, 6.45) is 2.57. The second kappa shape index (κ2) is 6.84. The Labute approximate surface area is 168 Å². The number of aromatic nitrogens is 1. The number of fused-ring (bicyclic) bond motifs is 2. The van der Waals surface area contributed by atoms with E-state index >= 15 is 0 Å². The SMILES string of the molecule is Cc1[nH]c2c(c1C(=O)NCCN1CCC1)CC/C2=C1/C(=O)Nc2ccc(F)cc21. The van der Waals surface area contributed by atoms with Crippen molar-refractivity contribution in [2.24, 2.45) is 0 Å². The van der Waals surface area contributed by atoms with Crippen molar-refractivity contribution < 1.29 is 14.0 Å². The van der Waals surface area contributed by atoms with Gasteiger partial charge in [0.25, 0.3) is 11.8 Å². The summed E-state index contributed by atoms with van der Waals surface area (Å²) in [5.41, 5.74) is 5.82. The molecule has 1 saturated heterocycles. The number of benzene rings is 1. The lowest BCUT2D eigenvalue weighted by atomic mass is 9.99. The van der Waals surface area contributed by atoms with E-state index in [1.165, 1.54) is 18.6 Å². The second-order valence-corrected chi connectivity index (χ2v) is 7.93. The van der Waals surface area contributed by atoms with Gasteiger partial charge >= 0.3 is 0 Å². The number of H-pyrrole nitrogens is 1. The second-order valence-electron chi connectivity index (χ2n) is 7.93. The Kier molecular flexibility index (Phi) is 4.28. The molecule has 6 nitrogen and oxygen atoms in total. The van der Waals surface area contributed by atoms with Crippen LogP contribution in [-0.2, 0) is 11.2 Å². The Morgan fingerprint density at radius 3 is 2.86 bits per heavy atom. The number of nitrogens with zero attached hydrogens (tertiary/aromatic N) is 1. The molecule has 29 heavy (non-hydrogen) atoms. The molecule has 1 aromatic heterocycles. The molecule has 2 aromatic rings. The summed E-state index contributed by atoms with van der Waals surface area (Å²) in [5.74, 6) is -0.670. The summed E-state index contributed by atoms with van der Waals surface area (Å²) < 4.78 is 13.8. The van der Waals surface area contributed by atoms with Gasteiger partial charge in [-0.2, -0.15) is 0 Å². The summed E-state index contributed by atoms with van der Waals surface area (Å²) in [6.45, 7) is 5.59. The van der Waals surface area contributed by atoms with Crippen LogP contribution in [0.4, 0.5) is 10.1 Å². The van der Waals surface area contributed by atoms with Crippen molar-refractivity contribution >= 4 is 28.6 Å². The number of likely N-dealkylation sites (tertiary alicyclic amines) is 1. The van der Waals surface area contributed by atoms with E-state index in [1.807, 2.05) is 6.92 Å². The third-order valence-corrected chi connectivity index (χ3v) is 6.14. The summed E-state index contributed by atoms with van der Waals surface area (Å²) in [6, 6.07) is 4.32. The topological polar surface area (TPSA) is 77.2 Å². The Bertz CT molecular complexity index is 1070. The minimum atomic E-state index is -0.374. The van der Waals surface area contributed by atoms with Crippen LogP contribution in [0.25, 0.3) is 11.1 Å². The fourth-order valence-corrected chi connectivity index (χ4v) is 4.58. The number of aryl methyl sites for hydroxylation is 1. The number of hydrogen-bond acceptors (Lipinski definition) is 3. The van der Waals surface area contributed by atoms with Crippen molar-refractivity contribution in [1.82, 2.24) is 15.2 Å². The first-order chi connectivity index (χ1) is 14.0. The molecule has 3 heterocycles. The number of hydrogen-bond donors (Lipinski definition) is 3. The molecule has 1 aromatic carbocycles. The van der Waals surface area contributed by atoms with E-state index in [9.17, 15) is 14.0 Å². The minimum Gasteiger partial charge on any atom is -0.358 e. The van der Waals surface area contributed by atoms with Crippen molar-refractivity contribution in [3.8, 4) is 0 Å². The number of rotatable bonds is 4. The molecule has 3 N–H and O–H groups in total. The molecule has 5 rings (SSSR count). The monoisotopic (exact) mass is 394 g/mol. The van der Waals surface area contributed by atoms with Crippen LogP contribution in [0.2, 0.25) is 0 Å². The fourth-order valence-electron chi connectivity index (χ4n) is 4.58. The molecule has 0 spiro atoms. The van der Waals surface area contributed by atoms with Gasteiger partial charge < -0.3 is 20.5 Å². The van der Waals surface area contributed by atoms with Crippen molar-refractivity contribution in [3.63, 3.8) is 0 Å². The van der Waals surface area contributed by atoms with Crippen LogP contribution in [0.3, 0.4) is 0 Å². The maximum Gasteiger partial charge on any atom is 0.256 e. The molecule has 0 radical (unpaired) electrons. The Balaban J connectivity index is 1.46. The standard InChI is InChI=1S/C22H23FN4O2/c1-12-18(21(28)24-7-10-27-8-2-9-27)14-4-5-15(20(14)25-12)19-16-11-13(23)3-6-17(16)26-22(19)29/h3,6,11,25H,2,4-5,7-10H2,1H3,(H,24,28)(H,26,29)/b19-15-. The normalized spacial score (nSPS) is 20.3. The number of nitrogens with one attached hydrogen (secondary N) is 3. The summed E-state index contributed by atoms with van der Waals surface area (Å²) in [7, 11) is 0. The molecule has 0 saturated carbocycles. The predicted molar refractivity (Wildman–Crippen MR) is 109 cm³/mol. The molecule has 0 bridgehead atoms. The average molecular weight is 394 g/mol. The van der Waals surface area contributed by atoms with Crippen LogP contribution in [0.1, 0.15) is 45.7 Å². The number of allylic oxidation sites excluding steroid dienone is 1. The van der Waals surface area contributed by atoms with E-state index < -0.39 is 0 Å². The first-order valence-corrected chi connectivity index (χ1v) is 10.1. The van der Waals surface area contributed by atoms with Crippen molar-refractivity contribution in [3.05, 3.63) is 52.1 Å². The molecule has 2 aliphatic heterocycles. The molecule has 0 atom stereocenters. The van der Waals surface area contributed by atoms with Gasteiger partial charge in [-0.1, -0.05) is 0 Å². The molecule has 7 heteroatoms. The van der Waals surface area contributed by atoms with Gasteiger partial charge in [0.05, 0.1) is 11.1 Å². The maximum absolute atomic E-state index is 13.8. The zero-order valence-corrected chi connectivity index (χ0v) is 16.3. The van der Waals surface area contributed by atoms with Crippen LogP contribution >= 0.6 is 0 Å². The predicted octanol–water partition coefficient (Wildman–Crippen LogP) is 2.71. The highest BCUT2D eigenvalue weighted by Gasteiger charge is 2.34. The van der Waals surface area contributed by atoms with Crippen molar-refractivity contribution in [2.45, 2.75) is 26.2 Å². The van der Waals surface area contributed by atoms with Gasteiger partial charge in [0, 0.05) is 35.7 Å². The summed E-state index contributed by atoms with van der Waals surface area (Å²) in [5, 5.41) is 5.84. The van der Waals surface area contributed by atoms with Crippen LogP contribution in [0.5, 0.6) is 0 Å². The highest BCUT2D eigenvalue weighted by atomic mass is 19.1. The average Bonchev–Trinajstić information content (AvgIpc) is 3.27. The van der Waals surface area contributed by atoms with E-state index in [-0.39, 0.29) is 17.6 Å². The number of carbonyl (C=O) groups excluding carboxylic acids is 2. The molecule has 3 aliphatic rings. The Hall–Kier alpha value is -2.93. The van der Waals surface area contributed by atoms with Crippen LogP contribution < -0.4 is 10.6 Å². The lowest BCUT2D eigenvalue weighted by Gasteiger charge is -2.30. The first kappa shape index (κ1) is 18.1. The van der Waals surface area contributed by atoms with Crippen LogP contribution in [0, 0.1) is 12.7 Å². The largest absolute Gasteiger partial charge is 0.358 e. The van der Waals surface area contributed by atoms with Gasteiger partial charge in [0.1, 0.15) is 5.82 Å².